The molecule has 4 aromatic rings. The Kier molecular flexibility index (Phi) is 8.14. The van der Waals surface area contributed by atoms with E-state index in [0.717, 1.165) is 11.1 Å². The average Bonchev–Trinajstić information content (AvgIpc) is 2.90. The van der Waals surface area contributed by atoms with Crippen LogP contribution in [0, 0.1) is 6.92 Å². The zero-order valence-corrected chi connectivity index (χ0v) is 22.3. The molecule has 0 saturated heterocycles. The monoisotopic (exact) mass is 547 g/mol. The van der Waals surface area contributed by atoms with E-state index < -0.39 is 15.9 Å². The number of nitrogens with one attached hydrogen (secondary N) is 3. The number of amides is 2. The zero-order chi connectivity index (χ0) is 27.3. The van der Waals surface area contributed by atoms with Gasteiger partial charge >= 0.3 is 0 Å². The second-order valence-corrected chi connectivity index (χ2v) is 10.8. The lowest BCUT2D eigenvalue weighted by atomic mass is 10.1. The van der Waals surface area contributed by atoms with Gasteiger partial charge in [-0.1, -0.05) is 71.8 Å². The van der Waals surface area contributed by atoms with Crippen LogP contribution in [-0.2, 0) is 10.0 Å². The molecule has 0 radical (unpaired) electrons. The molecule has 0 heterocycles. The molecule has 0 aliphatic rings. The molecule has 0 saturated carbocycles. The molecule has 2 amide bonds. The first-order valence-electron chi connectivity index (χ1n) is 11.8. The molecule has 7 nitrogen and oxygen atoms in total. The van der Waals surface area contributed by atoms with Crippen molar-refractivity contribution in [2.75, 3.05) is 10.0 Å². The minimum atomic E-state index is -3.87. The quantitative estimate of drug-likeness (QED) is 0.244. The van der Waals surface area contributed by atoms with E-state index in [-0.39, 0.29) is 44.4 Å². The third kappa shape index (κ3) is 6.40. The second kappa shape index (κ2) is 11.5. The van der Waals surface area contributed by atoms with Crippen LogP contribution in [0.25, 0.3) is 0 Å². The Morgan fingerprint density at radius 2 is 1.45 bits per heavy atom. The van der Waals surface area contributed by atoms with E-state index in [1.807, 2.05) is 44.2 Å². The highest BCUT2D eigenvalue weighted by atomic mass is 35.5. The molecule has 9 heteroatoms. The SMILES string of the molecule is Cc1ccc(S(=O)(=O)Nc2ccc(Cl)c(C(=O)Nc3ccccc3C(=O)N[C@H](C)c3ccccc3)c2)cc1. The average molecular weight is 548 g/mol. The molecule has 3 N–H and O–H groups in total. The summed E-state index contributed by atoms with van der Waals surface area (Å²) < 4.78 is 28.1. The Morgan fingerprint density at radius 1 is 0.789 bits per heavy atom. The van der Waals surface area contributed by atoms with Crippen molar-refractivity contribution in [2.45, 2.75) is 24.8 Å². The largest absolute Gasteiger partial charge is 0.345 e. The number of hydrogen-bond acceptors (Lipinski definition) is 4. The van der Waals surface area contributed by atoms with Gasteiger partial charge in [0.05, 0.1) is 32.8 Å². The van der Waals surface area contributed by atoms with Crippen LogP contribution in [0.1, 0.15) is 44.8 Å². The Balaban J connectivity index is 1.53. The van der Waals surface area contributed by atoms with Gasteiger partial charge in [-0.2, -0.15) is 0 Å². The van der Waals surface area contributed by atoms with Crippen molar-refractivity contribution in [3.63, 3.8) is 0 Å². The number of sulfonamides is 1. The number of anilines is 2. The summed E-state index contributed by atoms with van der Waals surface area (Å²) in [5.41, 5.74) is 2.65. The van der Waals surface area contributed by atoms with E-state index in [0.29, 0.717) is 0 Å². The zero-order valence-electron chi connectivity index (χ0n) is 20.7. The lowest BCUT2D eigenvalue weighted by Crippen LogP contribution is -2.28. The van der Waals surface area contributed by atoms with Gasteiger partial charge in [0.25, 0.3) is 21.8 Å². The van der Waals surface area contributed by atoms with Crippen LogP contribution in [0.15, 0.2) is 102 Å². The molecule has 0 aliphatic heterocycles. The van der Waals surface area contributed by atoms with E-state index in [2.05, 4.69) is 15.4 Å². The highest BCUT2D eigenvalue weighted by molar-refractivity contribution is 7.92. The van der Waals surface area contributed by atoms with Gasteiger partial charge in [-0.25, -0.2) is 8.42 Å². The van der Waals surface area contributed by atoms with Crippen LogP contribution in [0.5, 0.6) is 0 Å². The third-order valence-electron chi connectivity index (χ3n) is 5.86. The molecular weight excluding hydrogens is 522 g/mol. The Hall–Kier alpha value is -4.14. The molecule has 4 rings (SSSR count). The van der Waals surface area contributed by atoms with E-state index in [1.54, 1.807) is 36.4 Å². The van der Waals surface area contributed by atoms with Crippen LogP contribution >= 0.6 is 11.6 Å². The minimum Gasteiger partial charge on any atom is -0.345 e. The van der Waals surface area contributed by atoms with E-state index >= 15 is 0 Å². The first-order valence-corrected chi connectivity index (χ1v) is 13.7. The van der Waals surface area contributed by atoms with Crippen molar-refractivity contribution in [2.24, 2.45) is 0 Å². The third-order valence-corrected chi connectivity index (χ3v) is 7.59. The first-order chi connectivity index (χ1) is 18.1. The number of hydrogen-bond donors (Lipinski definition) is 3. The smallest absolute Gasteiger partial charge is 0.261 e. The van der Waals surface area contributed by atoms with Crippen LogP contribution in [0.2, 0.25) is 5.02 Å². The molecule has 0 aromatic heterocycles. The lowest BCUT2D eigenvalue weighted by molar-refractivity contribution is 0.0940. The Morgan fingerprint density at radius 3 is 2.16 bits per heavy atom. The van der Waals surface area contributed by atoms with E-state index in [9.17, 15) is 18.0 Å². The minimum absolute atomic E-state index is 0.0450. The number of carbonyl (C=O) groups is 2. The van der Waals surface area contributed by atoms with Crippen LogP contribution in [-0.4, -0.2) is 20.2 Å². The molecule has 38 heavy (non-hydrogen) atoms. The topological polar surface area (TPSA) is 104 Å². The molecule has 4 aromatic carbocycles. The molecule has 194 valence electrons. The summed E-state index contributed by atoms with van der Waals surface area (Å²) in [4.78, 5) is 26.3. The van der Waals surface area contributed by atoms with Crippen molar-refractivity contribution < 1.29 is 18.0 Å². The molecule has 0 aliphatic carbocycles. The van der Waals surface area contributed by atoms with Crippen molar-refractivity contribution >= 4 is 44.8 Å². The van der Waals surface area contributed by atoms with Crippen molar-refractivity contribution in [1.29, 1.82) is 0 Å². The second-order valence-electron chi connectivity index (χ2n) is 8.72. The fourth-order valence-electron chi connectivity index (χ4n) is 3.77. The van der Waals surface area contributed by atoms with Crippen molar-refractivity contribution in [3.8, 4) is 0 Å². The van der Waals surface area contributed by atoms with Crippen molar-refractivity contribution in [1.82, 2.24) is 5.32 Å². The van der Waals surface area contributed by atoms with Gasteiger partial charge < -0.3 is 10.6 Å². The summed E-state index contributed by atoms with van der Waals surface area (Å²) in [6.45, 7) is 3.73. The summed E-state index contributed by atoms with van der Waals surface area (Å²) >= 11 is 6.28. The van der Waals surface area contributed by atoms with E-state index in [4.69, 9.17) is 11.6 Å². The summed E-state index contributed by atoms with van der Waals surface area (Å²) in [6.07, 6.45) is 0. The number of benzene rings is 4. The fraction of sp³-hybridized carbons (Fsp3) is 0.103. The highest BCUT2D eigenvalue weighted by Crippen LogP contribution is 2.25. The molecule has 0 spiro atoms. The number of para-hydroxylation sites is 1. The standard InChI is InChI=1S/C29H26ClN3O4S/c1-19-12-15-23(16-13-19)38(36,37)33-22-14-17-26(30)25(18-22)29(35)32-27-11-7-6-10-24(27)28(34)31-20(2)21-8-4-3-5-9-21/h3-18,20,33H,1-2H3,(H,31,34)(H,32,35)/t20-/m1/s1. The normalized spacial score (nSPS) is 11.9. The molecule has 0 fully saturated rings. The maximum atomic E-state index is 13.2. The molecule has 0 bridgehead atoms. The number of carbonyl (C=O) groups excluding carboxylic acids is 2. The molecule has 1 atom stereocenters. The van der Waals surface area contributed by atoms with Gasteiger partial charge in [-0.15, -0.1) is 0 Å². The predicted molar refractivity (Wildman–Crippen MR) is 150 cm³/mol. The fourth-order valence-corrected chi connectivity index (χ4v) is 5.03. The summed E-state index contributed by atoms with van der Waals surface area (Å²) in [5, 5.41) is 5.79. The Labute approximate surface area is 226 Å². The maximum absolute atomic E-state index is 13.2. The number of halogens is 1. The van der Waals surface area contributed by atoms with Crippen LogP contribution in [0.4, 0.5) is 11.4 Å². The molecular formula is C29H26ClN3O4S. The summed E-state index contributed by atoms with van der Waals surface area (Å²) in [5.74, 6) is -0.953. The van der Waals surface area contributed by atoms with Crippen LogP contribution in [0.3, 0.4) is 0 Å². The first kappa shape index (κ1) is 26.9. The highest BCUT2D eigenvalue weighted by Gasteiger charge is 2.20. The van der Waals surface area contributed by atoms with Crippen LogP contribution < -0.4 is 15.4 Å². The van der Waals surface area contributed by atoms with Gasteiger partial charge in [0, 0.05) is 5.69 Å². The van der Waals surface area contributed by atoms with Gasteiger partial charge in [-0.05, 0) is 61.9 Å². The lowest BCUT2D eigenvalue weighted by Gasteiger charge is -2.17. The van der Waals surface area contributed by atoms with Gasteiger partial charge in [-0.3, -0.25) is 14.3 Å². The Bertz CT molecular complexity index is 1570. The van der Waals surface area contributed by atoms with Crippen molar-refractivity contribution in [3.05, 3.63) is 124 Å². The summed E-state index contributed by atoms with van der Waals surface area (Å²) in [6, 6.07) is 26.5. The summed E-state index contributed by atoms with van der Waals surface area (Å²) in [7, 11) is -3.87. The number of rotatable bonds is 8. The molecule has 0 unspecified atom stereocenters. The number of aryl methyl sites for hydroxylation is 1. The van der Waals surface area contributed by atoms with Gasteiger partial charge in [0.2, 0.25) is 0 Å². The van der Waals surface area contributed by atoms with E-state index in [1.165, 1.54) is 30.3 Å². The predicted octanol–water partition coefficient (Wildman–Crippen LogP) is 6.19. The van der Waals surface area contributed by atoms with Gasteiger partial charge in [0.1, 0.15) is 0 Å². The van der Waals surface area contributed by atoms with Gasteiger partial charge in [0.15, 0.2) is 0 Å². The maximum Gasteiger partial charge on any atom is 0.261 e.